The summed E-state index contributed by atoms with van der Waals surface area (Å²) in [6, 6.07) is 28.3. The fraction of sp³-hybridized carbons (Fsp3) is 0.176. The maximum atomic E-state index is 14.8. The Kier molecular flexibility index (Phi) is 8.21. The molecule has 0 aliphatic heterocycles. The van der Waals surface area contributed by atoms with Gasteiger partial charge < -0.3 is 4.74 Å². The number of hydrogen-bond acceptors (Lipinski definition) is 2. The number of ether oxygens (including phenoxy) is 2. The van der Waals surface area contributed by atoms with E-state index in [-0.39, 0.29) is 0 Å². The number of rotatable bonds is 9. The van der Waals surface area contributed by atoms with Crippen LogP contribution in [0.25, 0.3) is 33.0 Å². The minimum Gasteiger partial charge on any atom is -0.429 e. The minimum absolute atomic E-state index is 0.499. The Morgan fingerprint density at radius 2 is 0.977 bits per heavy atom. The van der Waals surface area contributed by atoms with Crippen LogP contribution in [-0.4, -0.2) is 6.36 Å². The summed E-state index contributed by atoms with van der Waals surface area (Å²) in [6.45, 7) is 2.15. The van der Waals surface area contributed by atoms with Gasteiger partial charge >= 0.3 is 18.6 Å². The Morgan fingerprint density at radius 1 is 0.512 bits per heavy atom. The number of halogens is 7. The molecule has 0 N–H and O–H groups in total. The third-order valence-electron chi connectivity index (χ3n) is 6.90. The van der Waals surface area contributed by atoms with Crippen LogP contribution in [-0.2, 0) is 23.4 Å². The third-order valence-corrected chi connectivity index (χ3v) is 6.90. The van der Waals surface area contributed by atoms with Crippen molar-refractivity contribution < 1.29 is 40.2 Å². The maximum Gasteiger partial charge on any atom is 0.527 e. The minimum atomic E-state index is -5.59. The van der Waals surface area contributed by atoms with E-state index in [1.54, 1.807) is 0 Å². The van der Waals surface area contributed by atoms with Crippen molar-refractivity contribution in [3.63, 3.8) is 0 Å². The van der Waals surface area contributed by atoms with Gasteiger partial charge in [0.2, 0.25) is 0 Å². The quantitative estimate of drug-likeness (QED) is 0.157. The molecule has 0 aliphatic carbocycles. The molecule has 5 aromatic carbocycles. The zero-order valence-corrected chi connectivity index (χ0v) is 22.8. The molecule has 9 heteroatoms. The van der Waals surface area contributed by atoms with E-state index in [4.69, 9.17) is 0 Å². The monoisotopic (exact) mass is 598 g/mol. The molecule has 0 heterocycles. The number of alkyl halides is 7. The zero-order chi connectivity index (χ0) is 30.8. The van der Waals surface area contributed by atoms with Crippen LogP contribution >= 0.6 is 0 Å². The van der Waals surface area contributed by atoms with Gasteiger partial charge in [0.25, 0.3) is 0 Å². The summed E-state index contributed by atoms with van der Waals surface area (Å²) in [5, 5.41) is 2.32. The summed E-state index contributed by atoms with van der Waals surface area (Å²) in [4.78, 5) is 0. The highest BCUT2D eigenvalue weighted by atomic mass is 19.4. The number of aryl methyl sites for hydroxylation is 1. The molecule has 0 saturated heterocycles. The van der Waals surface area contributed by atoms with Crippen LogP contribution in [0, 0.1) is 0 Å². The molecule has 43 heavy (non-hydrogen) atoms. The molecule has 0 amide bonds. The van der Waals surface area contributed by atoms with Crippen LogP contribution < -0.4 is 4.74 Å². The Morgan fingerprint density at radius 3 is 1.56 bits per heavy atom. The van der Waals surface area contributed by atoms with Gasteiger partial charge in [-0.25, -0.2) is 4.74 Å². The summed E-state index contributed by atoms with van der Waals surface area (Å²) in [5.41, 5.74) is 3.19. The highest BCUT2D eigenvalue weighted by Gasteiger charge is 2.46. The van der Waals surface area contributed by atoms with Gasteiger partial charge in [-0.15, -0.1) is 13.2 Å². The molecule has 0 unspecified atom stereocenters. The molecule has 0 radical (unpaired) electrons. The van der Waals surface area contributed by atoms with Crippen molar-refractivity contribution in [2.45, 2.75) is 38.3 Å². The van der Waals surface area contributed by atoms with E-state index in [0.717, 1.165) is 34.9 Å². The highest BCUT2D eigenvalue weighted by Crippen LogP contribution is 2.38. The second-order valence-electron chi connectivity index (χ2n) is 10.0. The Labute approximate surface area is 243 Å². The summed E-state index contributed by atoms with van der Waals surface area (Å²) in [7, 11) is 0. The van der Waals surface area contributed by atoms with Crippen LogP contribution in [0.2, 0.25) is 0 Å². The summed E-state index contributed by atoms with van der Waals surface area (Å²) < 4.78 is 101. The molecule has 222 valence electrons. The average molecular weight is 599 g/mol. The first-order valence-electron chi connectivity index (χ1n) is 13.4. The van der Waals surface area contributed by atoms with Crippen LogP contribution in [0.3, 0.4) is 0 Å². The number of hydrogen-bond donors (Lipinski definition) is 0. The predicted octanol–water partition coefficient (Wildman–Crippen LogP) is 10.8. The SMILES string of the molecule is CCCc1ccc2cc(-c3ccc(-c4ccc(C(F)(F)Oc5ccc(C(F)(F)OC(F)(F)F)cc5)cc4)cc3)ccc2c1. The van der Waals surface area contributed by atoms with Gasteiger partial charge in [-0.2, -0.15) is 17.6 Å². The van der Waals surface area contributed by atoms with Crippen molar-refractivity contribution in [2.75, 3.05) is 0 Å². The molecule has 0 saturated carbocycles. The lowest BCUT2D eigenvalue weighted by molar-refractivity contribution is -0.431. The van der Waals surface area contributed by atoms with Gasteiger partial charge in [0, 0.05) is 0 Å². The summed E-state index contributed by atoms with van der Waals surface area (Å²) >= 11 is 0. The molecule has 0 bridgehead atoms. The van der Waals surface area contributed by atoms with Crippen LogP contribution in [0.4, 0.5) is 30.7 Å². The number of fused-ring (bicyclic) bond motifs is 1. The highest BCUT2D eigenvalue weighted by molar-refractivity contribution is 5.88. The van der Waals surface area contributed by atoms with Gasteiger partial charge in [0.1, 0.15) is 5.75 Å². The molecule has 5 aromatic rings. The first-order valence-corrected chi connectivity index (χ1v) is 13.4. The molecule has 2 nitrogen and oxygen atoms in total. The van der Waals surface area contributed by atoms with Gasteiger partial charge in [0.05, 0.1) is 11.1 Å². The first-order chi connectivity index (χ1) is 20.3. The first kappa shape index (κ1) is 30.1. The lowest BCUT2D eigenvalue weighted by Gasteiger charge is -2.20. The predicted molar refractivity (Wildman–Crippen MR) is 151 cm³/mol. The van der Waals surface area contributed by atoms with Crippen molar-refractivity contribution in [1.29, 1.82) is 0 Å². The van der Waals surface area contributed by atoms with Crippen molar-refractivity contribution in [3.05, 3.63) is 126 Å². The Bertz CT molecular complexity index is 1690. The molecule has 0 atom stereocenters. The molecule has 0 fully saturated rings. The molecule has 0 spiro atoms. The molecule has 0 aromatic heterocycles. The molecular formula is C34H25F7O2. The van der Waals surface area contributed by atoms with Gasteiger partial charge in [-0.05, 0) is 87.5 Å². The fourth-order valence-corrected chi connectivity index (χ4v) is 4.76. The lowest BCUT2D eigenvalue weighted by Crippen LogP contribution is -2.27. The molecular weight excluding hydrogens is 573 g/mol. The summed E-state index contributed by atoms with van der Waals surface area (Å²) in [6.07, 6.45) is -12.0. The Balaban J connectivity index is 1.27. The van der Waals surface area contributed by atoms with E-state index >= 15 is 0 Å². The topological polar surface area (TPSA) is 18.5 Å². The Hall–Kier alpha value is -4.37. The van der Waals surface area contributed by atoms with E-state index in [0.29, 0.717) is 29.8 Å². The third kappa shape index (κ3) is 7.17. The normalized spacial score (nSPS) is 12.5. The smallest absolute Gasteiger partial charge is 0.429 e. The molecule has 0 aliphatic rings. The lowest BCUT2D eigenvalue weighted by atomic mass is 9.97. The standard InChI is InChI=1S/C34H25F7O2/c1-2-3-22-4-5-28-21-27(11-10-26(28)20-22)25-8-6-23(7-9-25)24-12-14-29(15-13-24)32(35,36)42-31-18-16-30(17-19-31)33(37,38)43-34(39,40)41/h4-21H,2-3H2,1H3. The van der Waals surface area contributed by atoms with Crippen molar-refractivity contribution in [2.24, 2.45) is 0 Å². The van der Waals surface area contributed by atoms with Crippen molar-refractivity contribution in [3.8, 4) is 28.0 Å². The van der Waals surface area contributed by atoms with E-state index in [9.17, 15) is 30.7 Å². The van der Waals surface area contributed by atoms with Crippen LogP contribution in [0.15, 0.2) is 109 Å². The fourth-order valence-electron chi connectivity index (χ4n) is 4.76. The zero-order valence-electron chi connectivity index (χ0n) is 22.8. The van der Waals surface area contributed by atoms with Gasteiger partial charge in [0.15, 0.2) is 0 Å². The van der Waals surface area contributed by atoms with Crippen molar-refractivity contribution >= 4 is 10.8 Å². The van der Waals surface area contributed by atoms with E-state index in [1.165, 1.54) is 35.2 Å². The molecule has 5 rings (SSSR count). The second kappa shape index (κ2) is 11.7. The summed E-state index contributed by atoms with van der Waals surface area (Å²) in [5.74, 6) is -0.522. The average Bonchev–Trinajstić information content (AvgIpc) is 2.96. The van der Waals surface area contributed by atoms with Crippen LogP contribution in [0.5, 0.6) is 5.75 Å². The van der Waals surface area contributed by atoms with Crippen molar-refractivity contribution in [1.82, 2.24) is 0 Å². The second-order valence-corrected chi connectivity index (χ2v) is 10.0. The van der Waals surface area contributed by atoms with E-state index in [1.807, 2.05) is 24.3 Å². The van der Waals surface area contributed by atoms with Crippen LogP contribution in [0.1, 0.15) is 30.0 Å². The largest absolute Gasteiger partial charge is 0.527 e. The maximum absolute atomic E-state index is 14.8. The van der Waals surface area contributed by atoms with E-state index < -0.39 is 35.5 Å². The van der Waals surface area contributed by atoms with Gasteiger partial charge in [-0.3, -0.25) is 0 Å². The van der Waals surface area contributed by atoms with E-state index in [2.05, 4.69) is 52.8 Å². The number of benzene rings is 5. The van der Waals surface area contributed by atoms with Gasteiger partial charge in [-0.1, -0.05) is 80.1 Å².